The Balaban J connectivity index is 1.35. The first-order valence-corrected chi connectivity index (χ1v) is 13.2. The van der Waals surface area contributed by atoms with E-state index in [2.05, 4.69) is 29.5 Å². The molecule has 0 radical (unpaired) electrons. The zero-order valence-corrected chi connectivity index (χ0v) is 20.6. The molecule has 34 heavy (non-hydrogen) atoms. The predicted molar refractivity (Wildman–Crippen MR) is 132 cm³/mol. The van der Waals surface area contributed by atoms with Crippen molar-refractivity contribution in [2.75, 3.05) is 17.2 Å². The summed E-state index contributed by atoms with van der Waals surface area (Å²) in [4.78, 5) is 19.2. The highest BCUT2D eigenvalue weighted by molar-refractivity contribution is 7.21. The molecule has 3 aliphatic carbocycles. The number of rotatable bonds is 8. The van der Waals surface area contributed by atoms with Gasteiger partial charge >= 0.3 is 0 Å². The fourth-order valence-corrected chi connectivity index (χ4v) is 6.31. The van der Waals surface area contributed by atoms with Gasteiger partial charge in [-0.15, -0.1) is 11.3 Å². The zero-order chi connectivity index (χ0) is 23.6. The Morgan fingerprint density at radius 3 is 2.62 bits per heavy atom. The number of nitrogens with zero attached hydrogens (tertiary/aromatic N) is 4. The summed E-state index contributed by atoms with van der Waals surface area (Å²) in [5.41, 5.74) is 3.75. The second kappa shape index (κ2) is 8.07. The van der Waals surface area contributed by atoms with Gasteiger partial charge in [-0.05, 0) is 51.0 Å². The number of hydrogen-bond acceptors (Lipinski definition) is 7. The number of aromatic nitrogens is 4. The highest BCUT2D eigenvalue weighted by atomic mass is 32.1. The standard InChI is InChI=1S/C25H30F2N6S/c1-12(2)6-8-29-24-30-13(3)19(22(33-24)31-15-10-16-17(11-15)25(16,26)27)23-32-21-18(34-23)7-9-28-20(21)14-4-5-14/h7,9,12,14-17H,4-6,8,10-11H2,1-3H3,(H2,29,30,31,33). The van der Waals surface area contributed by atoms with Crippen LogP contribution in [0.4, 0.5) is 20.5 Å². The van der Waals surface area contributed by atoms with E-state index in [1.807, 2.05) is 19.2 Å². The van der Waals surface area contributed by atoms with Crippen LogP contribution < -0.4 is 10.6 Å². The molecule has 6 nitrogen and oxygen atoms in total. The third kappa shape index (κ3) is 3.91. The third-order valence-electron chi connectivity index (χ3n) is 7.39. The van der Waals surface area contributed by atoms with Crippen LogP contribution >= 0.6 is 11.3 Å². The molecule has 3 aromatic rings. The van der Waals surface area contributed by atoms with Crippen LogP contribution in [0.1, 0.15) is 63.3 Å². The van der Waals surface area contributed by atoms with Crippen molar-refractivity contribution in [2.24, 2.45) is 17.8 Å². The summed E-state index contributed by atoms with van der Waals surface area (Å²) in [6, 6.07) is 2.00. The monoisotopic (exact) mass is 484 g/mol. The number of hydrogen-bond donors (Lipinski definition) is 2. The Bertz CT molecular complexity index is 1220. The molecule has 3 aromatic heterocycles. The maximum absolute atomic E-state index is 13.8. The van der Waals surface area contributed by atoms with E-state index in [-0.39, 0.29) is 6.04 Å². The fourth-order valence-electron chi connectivity index (χ4n) is 5.25. The molecule has 2 N–H and O–H groups in total. The molecule has 2 atom stereocenters. The molecule has 0 bridgehead atoms. The lowest BCUT2D eigenvalue weighted by Crippen LogP contribution is -2.23. The number of aryl methyl sites for hydroxylation is 1. The van der Waals surface area contributed by atoms with Crippen molar-refractivity contribution in [3.63, 3.8) is 0 Å². The molecule has 2 unspecified atom stereocenters. The van der Waals surface area contributed by atoms with Crippen molar-refractivity contribution in [1.29, 1.82) is 0 Å². The molecule has 3 aliphatic rings. The number of nitrogens with one attached hydrogen (secondary N) is 2. The number of anilines is 2. The molecule has 180 valence electrons. The van der Waals surface area contributed by atoms with Crippen LogP contribution in [0.5, 0.6) is 0 Å². The Hall–Kier alpha value is -2.42. The van der Waals surface area contributed by atoms with Gasteiger partial charge in [0.2, 0.25) is 5.95 Å². The second-order valence-electron chi connectivity index (χ2n) is 10.5. The number of pyridine rings is 1. The van der Waals surface area contributed by atoms with Crippen molar-refractivity contribution < 1.29 is 8.78 Å². The minimum absolute atomic E-state index is 0.00995. The van der Waals surface area contributed by atoms with Crippen LogP contribution in [-0.2, 0) is 0 Å². The maximum Gasteiger partial charge on any atom is 0.254 e. The van der Waals surface area contributed by atoms with Crippen LogP contribution in [0.15, 0.2) is 12.3 Å². The molecule has 9 heteroatoms. The van der Waals surface area contributed by atoms with E-state index >= 15 is 0 Å². The minimum atomic E-state index is -2.48. The first-order valence-electron chi connectivity index (χ1n) is 12.3. The van der Waals surface area contributed by atoms with E-state index in [1.165, 1.54) is 12.8 Å². The van der Waals surface area contributed by atoms with E-state index < -0.39 is 17.8 Å². The number of halogens is 2. The summed E-state index contributed by atoms with van der Waals surface area (Å²) in [6.45, 7) is 7.13. The average molecular weight is 485 g/mol. The smallest absolute Gasteiger partial charge is 0.254 e. The van der Waals surface area contributed by atoms with Gasteiger partial charge in [0.05, 0.1) is 21.7 Å². The zero-order valence-electron chi connectivity index (χ0n) is 19.7. The lowest BCUT2D eigenvalue weighted by molar-refractivity contribution is 0.0710. The van der Waals surface area contributed by atoms with Crippen molar-refractivity contribution >= 4 is 33.3 Å². The summed E-state index contributed by atoms with van der Waals surface area (Å²) in [6.07, 6.45) is 6.17. The quantitative estimate of drug-likeness (QED) is 0.394. The third-order valence-corrected chi connectivity index (χ3v) is 8.43. The molecule has 6 rings (SSSR count). The van der Waals surface area contributed by atoms with Crippen LogP contribution in [0.3, 0.4) is 0 Å². The van der Waals surface area contributed by atoms with Gasteiger partial charge in [-0.25, -0.2) is 18.7 Å². The first kappa shape index (κ1) is 22.1. The van der Waals surface area contributed by atoms with Gasteiger partial charge in [0.1, 0.15) is 16.3 Å². The average Bonchev–Trinajstić information content (AvgIpc) is 3.55. The Morgan fingerprint density at radius 2 is 1.91 bits per heavy atom. The molecule has 0 saturated heterocycles. The molecule has 0 aliphatic heterocycles. The molecule has 0 amide bonds. The fraction of sp³-hybridized carbons (Fsp3) is 0.600. The molecule has 3 saturated carbocycles. The van der Waals surface area contributed by atoms with Gasteiger partial charge in [0, 0.05) is 36.5 Å². The largest absolute Gasteiger partial charge is 0.367 e. The minimum Gasteiger partial charge on any atom is -0.367 e. The van der Waals surface area contributed by atoms with Crippen LogP contribution in [-0.4, -0.2) is 38.4 Å². The Morgan fingerprint density at radius 1 is 1.15 bits per heavy atom. The van der Waals surface area contributed by atoms with E-state index in [1.54, 1.807) is 11.3 Å². The van der Waals surface area contributed by atoms with Crippen LogP contribution in [0.2, 0.25) is 0 Å². The molecular formula is C25H30F2N6S. The topological polar surface area (TPSA) is 75.6 Å². The molecule has 0 aromatic carbocycles. The highest BCUT2D eigenvalue weighted by Crippen LogP contribution is 2.64. The summed E-state index contributed by atoms with van der Waals surface area (Å²) in [7, 11) is 0. The molecule has 3 heterocycles. The molecule has 3 fully saturated rings. The number of alkyl halides is 2. The van der Waals surface area contributed by atoms with Gasteiger partial charge in [0.25, 0.3) is 5.92 Å². The van der Waals surface area contributed by atoms with Crippen LogP contribution in [0.25, 0.3) is 20.8 Å². The maximum atomic E-state index is 13.8. The SMILES string of the molecule is Cc1nc(NCCC(C)C)nc(NC2CC3C(C2)C3(F)F)c1-c1nc2c(C3CC3)nccc2s1. The lowest BCUT2D eigenvalue weighted by Gasteiger charge is -2.20. The van der Waals surface area contributed by atoms with Gasteiger partial charge < -0.3 is 10.6 Å². The Kier molecular flexibility index (Phi) is 5.24. The first-order chi connectivity index (χ1) is 16.3. The Labute approximate surface area is 202 Å². The predicted octanol–water partition coefficient (Wildman–Crippen LogP) is 6.25. The molecular weight excluding hydrogens is 454 g/mol. The van der Waals surface area contributed by atoms with Crippen molar-refractivity contribution in [3.05, 3.63) is 23.7 Å². The van der Waals surface area contributed by atoms with Gasteiger partial charge in [-0.3, -0.25) is 4.98 Å². The van der Waals surface area contributed by atoms with Crippen LogP contribution in [0, 0.1) is 24.7 Å². The summed E-state index contributed by atoms with van der Waals surface area (Å²) >= 11 is 1.62. The van der Waals surface area contributed by atoms with E-state index in [0.717, 1.165) is 45.1 Å². The van der Waals surface area contributed by atoms with Gasteiger partial charge in [-0.1, -0.05) is 13.8 Å². The van der Waals surface area contributed by atoms with E-state index in [0.29, 0.717) is 36.4 Å². The second-order valence-corrected chi connectivity index (χ2v) is 11.5. The molecule has 0 spiro atoms. The van der Waals surface area contributed by atoms with Gasteiger partial charge in [-0.2, -0.15) is 4.98 Å². The summed E-state index contributed by atoms with van der Waals surface area (Å²) in [5, 5.41) is 7.70. The van der Waals surface area contributed by atoms with Crippen molar-refractivity contribution in [2.45, 2.75) is 70.8 Å². The summed E-state index contributed by atoms with van der Waals surface area (Å²) < 4.78 is 28.7. The van der Waals surface area contributed by atoms with Crippen molar-refractivity contribution in [1.82, 2.24) is 19.9 Å². The van der Waals surface area contributed by atoms with E-state index in [4.69, 9.17) is 15.0 Å². The summed E-state index contributed by atoms with van der Waals surface area (Å²) in [5.74, 6) is -1.12. The normalized spacial score (nSPS) is 25.1. The number of thiazole rings is 1. The van der Waals surface area contributed by atoms with Gasteiger partial charge in [0.15, 0.2) is 0 Å². The highest BCUT2D eigenvalue weighted by Gasteiger charge is 2.71. The van der Waals surface area contributed by atoms with Crippen molar-refractivity contribution in [3.8, 4) is 10.6 Å². The number of fused-ring (bicyclic) bond motifs is 2. The lowest BCUT2D eigenvalue weighted by atomic mass is 10.1. The van der Waals surface area contributed by atoms with E-state index in [9.17, 15) is 8.78 Å².